The molecule has 0 unspecified atom stereocenters. The van der Waals surface area contributed by atoms with Gasteiger partial charge in [0.05, 0.1) is 18.0 Å². The molecule has 2 rings (SSSR count). The molecule has 1 aromatic heterocycles. The number of aliphatic hydroxyl groups is 1. The molecule has 0 atom stereocenters. The maximum atomic E-state index is 9.12. The number of benzene rings is 1. The van der Waals surface area contributed by atoms with Crippen molar-refractivity contribution in [2.24, 2.45) is 0 Å². The van der Waals surface area contributed by atoms with Crippen molar-refractivity contribution >= 4 is 0 Å². The normalized spacial score (nSPS) is 11.1. The molecule has 1 aromatic carbocycles. The van der Waals surface area contributed by atoms with Gasteiger partial charge in [-0.05, 0) is 30.5 Å². The molecule has 1 N–H and O–H groups in total. The highest BCUT2D eigenvalue weighted by Crippen LogP contribution is 2.23. The van der Waals surface area contributed by atoms with Crippen LogP contribution in [0.15, 0.2) is 30.3 Å². The van der Waals surface area contributed by atoms with Gasteiger partial charge in [-0.25, -0.2) is 4.68 Å². The molecule has 0 aliphatic rings. The summed E-state index contributed by atoms with van der Waals surface area (Å²) in [4.78, 5) is 0. The van der Waals surface area contributed by atoms with E-state index in [9.17, 15) is 0 Å². The number of hydrogen-bond donors (Lipinski definition) is 1. The first kappa shape index (κ1) is 11.9. The summed E-state index contributed by atoms with van der Waals surface area (Å²) in [7, 11) is 0. The van der Waals surface area contributed by atoms with Crippen LogP contribution in [-0.2, 0) is 6.61 Å². The van der Waals surface area contributed by atoms with E-state index < -0.39 is 0 Å². The van der Waals surface area contributed by atoms with Crippen LogP contribution >= 0.6 is 0 Å². The monoisotopic (exact) mass is 230 g/mol. The quantitative estimate of drug-likeness (QED) is 0.880. The molecule has 0 radical (unpaired) electrons. The van der Waals surface area contributed by atoms with Gasteiger partial charge in [-0.3, -0.25) is 0 Å². The van der Waals surface area contributed by atoms with Crippen molar-refractivity contribution < 1.29 is 5.11 Å². The van der Waals surface area contributed by atoms with Crippen molar-refractivity contribution in [3.05, 3.63) is 47.3 Å². The van der Waals surface area contributed by atoms with Crippen LogP contribution in [0.5, 0.6) is 0 Å². The van der Waals surface area contributed by atoms with Crippen LogP contribution in [0, 0.1) is 6.92 Å². The minimum Gasteiger partial charge on any atom is -0.390 e. The highest BCUT2D eigenvalue weighted by atomic mass is 16.3. The van der Waals surface area contributed by atoms with Crippen LogP contribution in [0.1, 0.15) is 36.7 Å². The third-order valence-electron chi connectivity index (χ3n) is 2.89. The standard InChI is InChI=1S/C14H18N2O/c1-10(2)13-6-4-5-7-14(13)16-11(3)8-12(9-17)15-16/h4-8,10,17H,9H2,1-3H3. The molecular weight excluding hydrogens is 212 g/mol. The average Bonchev–Trinajstić information content (AvgIpc) is 2.70. The van der Waals surface area contributed by atoms with Gasteiger partial charge in [0.25, 0.3) is 0 Å². The Kier molecular flexibility index (Phi) is 3.29. The Morgan fingerprint density at radius 2 is 2.00 bits per heavy atom. The summed E-state index contributed by atoms with van der Waals surface area (Å²) in [6.07, 6.45) is 0. The van der Waals surface area contributed by atoms with Crippen molar-refractivity contribution in [3.63, 3.8) is 0 Å². The average molecular weight is 230 g/mol. The number of para-hydroxylation sites is 1. The summed E-state index contributed by atoms with van der Waals surface area (Å²) in [5.74, 6) is 0.451. The van der Waals surface area contributed by atoms with Gasteiger partial charge in [0.1, 0.15) is 0 Å². The Labute approximate surface area is 102 Å². The fraction of sp³-hybridized carbons (Fsp3) is 0.357. The van der Waals surface area contributed by atoms with Crippen molar-refractivity contribution in [3.8, 4) is 5.69 Å². The summed E-state index contributed by atoms with van der Waals surface area (Å²) in [5, 5.41) is 13.5. The van der Waals surface area contributed by atoms with E-state index >= 15 is 0 Å². The molecule has 2 aromatic rings. The Bertz CT molecular complexity index is 515. The fourth-order valence-corrected chi connectivity index (χ4v) is 2.03. The molecule has 3 heteroatoms. The first-order valence-electron chi connectivity index (χ1n) is 5.89. The van der Waals surface area contributed by atoms with Crippen molar-refractivity contribution in [2.45, 2.75) is 33.3 Å². The van der Waals surface area contributed by atoms with E-state index in [0.29, 0.717) is 11.6 Å². The lowest BCUT2D eigenvalue weighted by atomic mass is 10.0. The summed E-state index contributed by atoms with van der Waals surface area (Å²) in [6.45, 7) is 6.33. The molecule has 0 saturated carbocycles. The van der Waals surface area contributed by atoms with Gasteiger partial charge in [-0.15, -0.1) is 0 Å². The first-order valence-corrected chi connectivity index (χ1v) is 5.89. The molecule has 1 heterocycles. The molecule has 0 bridgehead atoms. The summed E-state index contributed by atoms with van der Waals surface area (Å²) < 4.78 is 1.90. The van der Waals surface area contributed by atoms with Crippen LogP contribution in [0.3, 0.4) is 0 Å². The highest BCUT2D eigenvalue weighted by Gasteiger charge is 2.11. The molecule has 0 fully saturated rings. The number of hydrogen-bond acceptors (Lipinski definition) is 2. The molecule has 3 nitrogen and oxygen atoms in total. The van der Waals surface area contributed by atoms with Gasteiger partial charge in [0.2, 0.25) is 0 Å². The van der Waals surface area contributed by atoms with Crippen molar-refractivity contribution in [1.82, 2.24) is 9.78 Å². The van der Waals surface area contributed by atoms with E-state index in [1.54, 1.807) is 0 Å². The van der Waals surface area contributed by atoms with E-state index in [1.165, 1.54) is 5.56 Å². The van der Waals surface area contributed by atoms with E-state index in [0.717, 1.165) is 11.4 Å². The van der Waals surface area contributed by atoms with Gasteiger partial charge in [-0.1, -0.05) is 32.0 Å². The predicted molar refractivity (Wildman–Crippen MR) is 68.3 cm³/mol. The maximum Gasteiger partial charge on any atom is 0.0886 e. The fourth-order valence-electron chi connectivity index (χ4n) is 2.03. The Morgan fingerprint density at radius 3 is 2.59 bits per heavy atom. The largest absolute Gasteiger partial charge is 0.390 e. The van der Waals surface area contributed by atoms with Crippen molar-refractivity contribution in [2.75, 3.05) is 0 Å². The predicted octanol–water partition coefficient (Wildman–Crippen LogP) is 2.80. The third kappa shape index (κ3) is 2.24. The molecule has 0 spiro atoms. The lowest BCUT2D eigenvalue weighted by Crippen LogP contribution is -2.04. The van der Waals surface area contributed by atoms with Crippen LogP contribution in [0.2, 0.25) is 0 Å². The zero-order chi connectivity index (χ0) is 12.4. The lowest BCUT2D eigenvalue weighted by molar-refractivity contribution is 0.276. The molecule has 90 valence electrons. The first-order chi connectivity index (χ1) is 8.13. The zero-order valence-electron chi connectivity index (χ0n) is 10.5. The number of rotatable bonds is 3. The second kappa shape index (κ2) is 4.72. The second-order valence-corrected chi connectivity index (χ2v) is 4.56. The van der Waals surface area contributed by atoms with Crippen molar-refractivity contribution in [1.29, 1.82) is 0 Å². The zero-order valence-corrected chi connectivity index (χ0v) is 10.5. The topological polar surface area (TPSA) is 38.1 Å². The van der Waals surface area contributed by atoms with Gasteiger partial charge in [0.15, 0.2) is 0 Å². The van der Waals surface area contributed by atoms with E-state index in [4.69, 9.17) is 5.11 Å². The Balaban J connectivity index is 2.55. The molecule has 0 amide bonds. The molecule has 0 aliphatic carbocycles. The smallest absolute Gasteiger partial charge is 0.0886 e. The van der Waals surface area contributed by atoms with Crippen LogP contribution in [0.4, 0.5) is 0 Å². The van der Waals surface area contributed by atoms with E-state index in [2.05, 4.69) is 31.1 Å². The summed E-state index contributed by atoms with van der Waals surface area (Å²) >= 11 is 0. The molecular formula is C14H18N2O. The molecule has 0 saturated heterocycles. The highest BCUT2D eigenvalue weighted by molar-refractivity contribution is 5.43. The van der Waals surface area contributed by atoms with Gasteiger partial charge < -0.3 is 5.11 Å². The van der Waals surface area contributed by atoms with E-state index in [-0.39, 0.29) is 6.61 Å². The van der Waals surface area contributed by atoms with Crippen LogP contribution in [-0.4, -0.2) is 14.9 Å². The summed E-state index contributed by atoms with van der Waals surface area (Å²) in [6, 6.07) is 10.2. The summed E-state index contributed by atoms with van der Waals surface area (Å²) in [5.41, 5.74) is 4.12. The Morgan fingerprint density at radius 1 is 1.29 bits per heavy atom. The number of nitrogens with zero attached hydrogens (tertiary/aromatic N) is 2. The van der Waals surface area contributed by atoms with Crippen LogP contribution < -0.4 is 0 Å². The third-order valence-corrected chi connectivity index (χ3v) is 2.89. The molecule has 17 heavy (non-hydrogen) atoms. The lowest BCUT2D eigenvalue weighted by Gasteiger charge is -2.13. The number of aliphatic hydroxyl groups excluding tert-OH is 1. The minimum atomic E-state index is -0.0162. The second-order valence-electron chi connectivity index (χ2n) is 4.56. The SMILES string of the molecule is Cc1cc(CO)nn1-c1ccccc1C(C)C. The van der Waals surface area contributed by atoms with Gasteiger partial charge in [0, 0.05) is 5.69 Å². The van der Waals surface area contributed by atoms with Gasteiger partial charge >= 0.3 is 0 Å². The number of aryl methyl sites for hydroxylation is 1. The molecule has 0 aliphatic heterocycles. The number of aromatic nitrogens is 2. The van der Waals surface area contributed by atoms with Crippen LogP contribution in [0.25, 0.3) is 5.69 Å². The van der Waals surface area contributed by atoms with Gasteiger partial charge in [-0.2, -0.15) is 5.10 Å². The van der Waals surface area contributed by atoms with E-state index in [1.807, 2.05) is 29.8 Å². The maximum absolute atomic E-state index is 9.12. The minimum absolute atomic E-state index is 0.0162. The Hall–Kier alpha value is -1.61.